The molecule has 2 heterocycles. The Morgan fingerprint density at radius 1 is 1.42 bits per heavy atom. The topological polar surface area (TPSA) is 106 Å². The fraction of sp³-hybridized carbons (Fsp3) is 0.467. The fourth-order valence-corrected chi connectivity index (χ4v) is 3.08. The van der Waals surface area contributed by atoms with E-state index in [1.54, 1.807) is 12.1 Å². The van der Waals surface area contributed by atoms with E-state index in [0.717, 1.165) is 10.3 Å². The first-order chi connectivity index (χ1) is 11.0. The summed E-state index contributed by atoms with van der Waals surface area (Å²) >= 11 is 0. The molecule has 0 radical (unpaired) electrons. The van der Waals surface area contributed by atoms with Gasteiger partial charge in [-0.25, -0.2) is 4.57 Å². The Bertz CT molecular complexity index is 761. The van der Waals surface area contributed by atoms with Gasteiger partial charge in [-0.2, -0.15) is 8.42 Å². The van der Waals surface area contributed by atoms with Gasteiger partial charge in [0, 0.05) is 48.3 Å². The van der Waals surface area contributed by atoms with Gasteiger partial charge in [-0.3, -0.25) is 0 Å². The lowest BCUT2D eigenvalue weighted by Crippen LogP contribution is -2.51. The summed E-state index contributed by atoms with van der Waals surface area (Å²) in [4.78, 5) is 1.85. The van der Waals surface area contributed by atoms with Gasteiger partial charge in [-0.15, -0.1) is 0 Å². The van der Waals surface area contributed by atoms with Crippen molar-refractivity contribution in [2.24, 2.45) is 4.40 Å². The maximum atomic E-state index is 12.2. The smallest absolute Gasteiger partial charge is 0.377 e. The van der Waals surface area contributed by atoms with Crippen molar-refractivity contribution in [2.75, 3.05) is 19.0 Å². The molecule has 0 spiro atoms. The summed E-state index contributed by atoms with van der Waals surface area (Å²) in [6.45, 7) is 3.06. The Hall–Kier alpha value is -2.13. The lowest BCUT2D eigenvalue weighted by atomic mass is 9.98. The van der Waals surface area contributed by atoms with Gasteiger partial charge in [0.2, 0.25) is 5.44 Å². The van der Waals surface area contributed by atoms with E-state index in [2.05, 4.69) is 4.40 Å². The molecule has 1 aliphatic heterocycles. The van der Waals surface area contributed by atoms with Crippen LogP contribution in [0.15, 0.2) is 40.8 Å². The van der Waals surface area contributed by atoms with Crippen LogP contribution in [0.4, 0.5) is 5.69 Å². The average molecular weight is 355 g/mol. The van der Waals surface area contributed by atoms with Crippen LogP contribution in [0.5, 0.6) is 0 Å². The minimum absolute atomic E-state index is 0.0349. The Balaban J connectivity index is 2.17. The second-order valence-corrected chi connectivity index (χ2v) is 7.96. The Labute approximate surface area is 141 Å². The van der Waals surface area contributed by atoms with Crippen LogP contribution in [0.1, 0.15) is 20.3 Å². The zero-order chi connectivity index (χ0) is 18.1. The molecule has 1 unspecified atom stereocenters. The van der Waals surface area contributed by atoms with Gasteiger partial charge in [0.1, 0.15) is 0 Å². The number of ether oxygens (including phenoxy) is 1. The second-order valence-electron chi connectivity index (χ2n) is 6.22. The average Bonchev–Trinajstić information content (AvgIpc) is 2.97. The van der Waals surface area contributed by atoms with E-state index < -0.39 is 27.1 Å². The summed E-state index contributed by atoms with van der Waals surface area (Å²) in [5.74, 6) is 0. The largest absolute Gasteiger partial charge is 0.806 e. The van der Waals surface area contributed by atoms with Crippen molar-refractivity contribution in [1.82, 2.24) is 0 Å². The van der Waals surface area contributed by atoms with Crippen molar-refractivity contribution in [3.05, 3.63) is 36.4 Å². The van der Waals surface area contributed by atoms with Crippen LogP contribution >= 0.6 is 0 Å². The van der Waals surface area contributed by atoms with E-state index in [9.17, 15) is 18.6 Å². The first-order valence-corrected chi connectivity index (χ1v) is 8.78. The molecule has 1 atom stereocenters. The molecular formula is C15H21N3O5S. The number of hydrogen-bond acceptors (Lipinski definition) is 6. The van der Waals surface area contributed by atoms with Crippen molar-refractivity contribution < 1.29 is 27.9 Å². The molecule has 0 aromatic carbocycles. The van der Waals surface area contributed by atoms with Gasteiger partial charge in [-0.1, -0.05) is 0 Å². The number of aliphatic hydroxyl groups is 1. The highest BCUT2D eigenvalue weighted by molar-refractivity contribution is 7.90. The van der Waals surface area contributed by atoms with Crippen LogP contribution in [0.3, 0.4) is 0 Å². The quantitative estimate of drug-likeness (QED) is 0.436. The summed E-state index contributed by atoms with van der Waals surface area (Å²) < 4.78 is 33.9. The first-order valence-electron chi connectivity index (χ1n) is 7.28. The van der Waals surface area contributed by atoms with E-state index >= 15 is 0 Å². The number of nitrogens with zero attached hydrogens (tertiary/aromatic N) is 3. The molecule has 24 heavy (non-hydrogen) atoms. The Morgan fingerprint density at radius 2 is 2.00 bits per heavy atom. The van der Waals surface area contributed by atoms with Crippen LogP contribution in [0.25, 0.3) is 0 Å². The maximum Gasteiger partial charge on any atom is 0.377 e. The zero-order valence-electron chi connectivity index (χ0n) is 14.0. The SMILES string of the molecule is CN(C)c1cc[n+](/C([O-])=N/S(=O)(=O)C2CC(C(C)(C)O)=CO2)cc1. The van der Waals surface area contributed by atoms with Crippen LogP contribution < -0.4 is 14.6 Å². The van der Waals surface area contributed by atoms with Crippen molar-refractivity contribution in [3.63, 3.8) is 0 Å². The minimum atomic E-state index is -4.17. The molecular weight excluding hydrogens is 334 g/mol. The van der Waals surface area contributed by atoms with Crippen molar-refractivity contribution in [1.29, 1.82) is 0 Å². The Kier molecular flexibility index (Phi) is 4.86. The van der Waals surface area contributed by atoms with Gasteiger partial charge < -0.3 is 19.8 Å². The molecule has 1 aliphatic rings. The van der Waals surface area contributed by atoms with Crippen LogP contribution in [-0.2, 0) is 14.8 Å². The van der Waals surface area contributed by atoms with Crippen LogP contribution in [-0.4, -0.2) is 44.7 Å². The van der Waals surface area contributed by atoms with Gasteiger partial charge in [0.15, 0.2) is 0 Å². The summed E-state index contributed by atoms with van der Waals surface area (Å²) in [5, 5.41) is 21.9. The van der Waals surface area contributed by atoms with E-state index in [1.807, 2.05) is 19.0 Å². The number of anilines is 1. The number of rotatable bonds is 4. The van der Waals surface area contributed by atoms with Crippen molar-refractivity contribution in [2.45, 2.75) is 31.3 Å². The van der Waals surface area contributed by atoms with E-state index in [4.69, 9.17) is 4.74 Å². The molecule has 0 bridgehead atoms. The van der Waals surface area contributed by atoms with E-state index in [1.165, 1.54) is 32.5 Å². The molecule has 0 amide bonds. The standard InChI is InChI=1S/C15H21N3O5S/c1-15(2,20)11-9-13(23-10-11)24(21,22)16-14(19)18-7-5-12(6-8-18)17(3)4/h5-8,10,13,20H,9H2,1-4H3. The number of hydrogen-bond donors (Lipinski definition) is 1. The highest BCUT2D eigenvalue weighted by Crippen LogP contribution is 2.30. The molecule has 0 aliphatic carbocycles. The first kappa shape index (κ1) is 18.2. The molecule has 1 aromatic rings. The lowest BCUT2D eigenvalue weighted by molar-refractivity contribution is -0.613. The number of sulfonamides is 1. The predicted molar refractivity (Wildman–Crippen MR) is 86.6 cm³/mol. The second kappa shape index (κ2) is 6.40. The van der Waals surface area contributed by atoms with Crippen LogP contribution in [0.2, 0.25) is 0 Å². The van der Waals surface area contributed by atoms with Crippen LogP contribution in [0, 0.1) is 0 Å². The molecule has 0 fully saturated rings. The fourth-order valence-electron chi connectivity index (χ4n) is 2.06. The lowest BCUT2D eigenvalue weighted by Gasteiger charge is -2.17. The molecule has 9 heteroatoms. The molecule has 1 aromatic heterocycles. The predicted octanol–water partition coefficient (Wildman–Crippen LogP) is -0.664. The number of pyridine rings is 1. The Morgan fingerprint density at radius 3 is 2.46 bits per heavy atom. The third kappa shape index (κ3) is 4.04. The highest BCUT2D eigenvalue weighted by Gasteiger charge is 2.39. The summed E-state index contributed by atoms with van der Waals surface area (Å²) in [6.07, 6.45) is 4.05. The monoisotopic (exact) mass is 355 g/mol. The van der Waals surface area contributed by atoms with Gasteiger partial charge in [0.05, 0.1) is 24.3 Å². The molecule has 1 N–H and O–H groups in total. The number of aromatic nitrogens is 1. The third-order valence-electron chi connectivity index (χ3n) is 3.62. The zero-order valence-corrected chi connectivity index (χ0v) is 14.8. The van der Waals surface area contributed by atoms with Gasteiger partial charge in [-0.05, 0) is 13.8 Å². The van der Waals surface area contributed by atoms with Gasteiger partial charge >= 0.3 is 10.0 Å². The van der Waals surface area contributed by atoms with E-state index in [0.29, 0.717) is 5.57 Å². The summed E-state index contributed by atoms with van der Waals surface area (Å²) in [7, 11) is -0.472. The normalized spacial score (nSPS) is 19.0. The molecule has 8 nitrogen and oxygen atoms in total. The minimum Gasteiger partial charge on any atom is -0.806 e. The summed E-state index contributed by atoms with van der Waals surface area (Å²) in [6, 6.07) is 2.40. The molecule has 2 rings (SSSR count). The van der Waals surface area contributed by atoms with Crippen molar-refractivity contribution in [3.8, 4) is 0 Å². The van der Waals surface area contributed by atoms with Crippen molar-refractivity contribution >= 4 is 21.7 Å². The van der Waals surface area contributed by atoms with Gasteiger partial charge in [0.25, 0.3) is 6.02 Å². The molecule has 0 saturated heterocycles. The highest BCUT2D eigenvalue weighted by atomic mass is 32.2. The third-order valence-corrected chi connectivity index (χ3v) is 4.97. The molecule has 132 valence electrons. The summed E-state index contributed by atoms with van der Waals surface area (Å²) in [5.41, 5.74) is -1.20. The molecule has 0 saturated carbocycles. The maximum absolute atomic E-state index is 12.2. The van der Waals surface area contributed by atoms with E-state index in [-0.39, 0.29) is 6.42 Å².